The number of carbonyl (C=O) groups excluding carboxylic acids is 1. The minimum Gasteiger partial charge on any atom is -0.324 e. The zero-order chi connectivity index (χ0) is 23.0. The van der Waals surface area contributed by atoms with Crippen molar-refractivity contribution in [3.05, 3.63) is 54.1 Å². The van der Waals surface area contributed by atoms with Gasteiger partial charge in [0.05, 0.1) is 26.3 Å². The van der Waals surface area contributed by atoms with Gasteiger partial charge in [0.25, 0.3) is 11.2 Å². The lowest BCUT2D eigenvalue weighted by Crippen LogP contribution is -2.28. The molecule has 1 unspecified atom stereocenters. The first-order valence-electron chi connectivity index (χ1n) is 9.45. The number of nitro benzene ring substituents is 1. The lowest BCUT2D eigenvalue weighted by Gasteiger charge is -2.18. The molecule has 3 rings (SSSR count). The van der Waals surface area contributed by atoms with E-state index < -0.39 is 10.2 Å². The summed E-state index contributed by atoms with van der Waals surface area (Å²) < 4.78 is 1.61. The van der Waals surface area contributed by atoms with E-state index in [1.807, 2.05) is 27.7 Å². The third-order valence-electron chi connectivity index (χ3n) is 4.79. The lowest BCUT2D eigenvalue weighted by molar-refractivity contribution is -0.384. The molecule has 1 aromatic carbocycles. The minimum absolute atomic E-state index is 0.0721. The molecule has 11 heteroatoms. The maximum Gasteiger partial charge on any atom is 0.271 e. The van der Waals surface area contributed by atoms with Gasteiger partial charge in [-0.25, -0.2) is 4.98 Å². The average molecular weight is 481 g/mol. The highest BCUT2D eigenvalue weighted by Gasteiger charge is 2.23. The standard InChI is InChI=1S/C20H21ClN4O4S2/c1-9(2)24-19(27)16-10(3)11(4)30-18(16)23-20(24)31-12(5)17(26)22-15-7-6-13(25(28)29)8-14(15)21/h6-9,12H,1-5H3,(H,22,26). The predicted octanol–water partition coefficient (Wildman–Crippen LogP) is 5.34. The van der Waals surface area contributed by atoms with Gasteiger partial charge in [-0.05, 0) is 46.2 Å². The van der Waals surface area contributed by atoms with Gasteiger partial charge in [-0.1, -0.05) is 23.4 Å². The largest absolute Gasteiger partial charge is 0.324 e. The van der Waals surface area contributed by atoms with E-state index in [0.717, 1.165) is 10.4 Å². The van der Waals surface area contributed by atoms with Crippen LogP contribution in [0.5, 0.6) is 0 Å². The zero-order valence-corrected chi connectivity index (χ0v) is 19.9. The number of non-ortho nitro benzene ring substituents is 1. The summed E-state index contributed by atoms with van der Waals surface area (Å²) in [6.07, 6.45) is 0. The van der Waals surface area contributed by atoms with Crippen LogP contribution in [0.15, 0.2) is 28.2 Å². The molecule has 164 valence electrons. The number of fused-ring (bicyclic) bond motifs is 1. The molecule has 31 heavy (non-hydrogen) atoms. The Morgan fingerprint density at radius 3 is 2.58 bits per heavy atom. The van der Waals surface area contributed by atoms with E-state index in [-0.39, 0.29) is 33.9 Å². The summed E-state index contributed by atoms with van der Waals surface area (Å²) in [7, 11) is 0. The van der Waals surface area contributed by atoms with Crippen molar-refractivity contribution in [2.75, 3.05) is 5.32 Å². The fourth-order valence-corrected chi connectivity index (χ4v) is 5.32. The first-order valence-corrected chi connectivity index (χ1v) is 11.5. The molecule has 2 aromatic heterocycles. The van der Waals surface area contributed by atoms with Gasteiger partial charge in [0.2, 0.25) is 5.91 Å². The van der Waals surface area contributed by atoms with Gasteiger partial charge in [-0.3, -0.25) is 24.3 Å². The average Bonchev–Trinajstić information content (AvgIpc) is 2.96. The number of nitro groups is 1. The third kappa shape index (κ3) is 4.60. The van der Waals surface area contributed by atoms with Crippen LogP contribution in [0.25, 0.3) is 10.2 Å². The number of hydrogen-bond acceptors (Lipinski definition) is 7. The zero-order valence-electron chi connectivity index (χ0n) is 17.6. The van der Waals surface area contributed by atoms with Crippen molar-refractivity contribution < 1.29 is 9.72 Å². The minimum atomic E-state index is -0.595. The van der Waals surface area contributed by atoms with Gasteiger partial charge in [0, 0.05) is 23.1 Å². The molecule has 1 amide bonds. The van der Waals surface area contributed by atoms with Crippen LogP contribution in [0.2, 0.25) is 5.02 Å². The van der Waals surface area contributed by atoms with Crippen LogP contribution in [0.4, 0.5) is 11.4 Å². The Morgan fingerprint density at radius 2 is 2.00 bits per heavy atom. The predicted molar refractivity (Wildman–Crippen MR) is 126 cm³/mol. The van der Waals surface area contributed by atoms with Crippen LogP contribution < -0.4 is 10.9 Å². The molecule has 1 N–H and O–H groups in total. The number of amides is 1. The molecule has 0 radical (unpaired) electrons. The van der Waals surface area contributed by atoms with Crippen molar-refractivity contribution in [1.82, 2.24) is 9.55 Å². The molecule has 0 saturated heterocycles. The second-order valence-corrected chi connectivity index (χ2v) is 10.2. The second kappa shape index (κ2) is 8.97. The van der Waals surface area contributed by atoms with Crippen LogP contribution in [-0.2, 0) is 4.79 Å². The highest BCUT2D eigenvalue weighted by molar-refractivity contribution is 8.00. The lowest BCUT2D eigenvalue weighted by atomic mass is 10.2. The fourth-order valence-electron chi connectivity index (χ4n) is 2.99. The first-order chi connectivity index (χ1) is 14.5. The molecule has 1 atom stereocenters. The fraction of sp³-hybridized carbons (Fsp3) is 0.350. The normalized spacial score (nSPS) is 12.4. The number of thiophene rings is 1. The number of benzene rings is 1. The number of anilines is 1. The monoisotopic (exact) mass is 480 g/mol. The van der Waals surface area contributed by atoms with E-state index in [4.69, 9.17) is 11.6 Å². The molecule has 0 aliphatic heterocycles. The van der Waals surface area contributed by atoms with Crippen molar-refractivity contribution >= 4 is 62.2 Å². The van der Waals surface area contributed by atoms with Gasteiger partial charge in [-0.15, -0.1) is 11.3 Å². The van der Waals surface area contributed by atoms with Crippen molar-refractivity contribution in [1.29, 1.82) is 0 Å². The number of nitrogens with one attached hydrogen (secondary N) is 1. The Hall–Kier alpha value is -2.43. The SMILES string of the molecule is Cc1sc2nc(SC(C)C(=O)Nc3ccc([N+](=O)[O-])cc3Cl)n(C(C)C)c(=O)c2c1C. The Balaban J connectivity index is 1.90. The topological polar surface area (TPSA) is 107 Å². The van der Waals surface area contributed by atoms with Gasteiger partial charge in [-0.2, -0.15) is 0 Å². The maximum atomic E-state index is 13.1. The van der Waals surface area contributed by atoms with E-state index in [1.165, 1.54) is 41.3 Å². The number of rotatable bonds is 6. The van der Waals surface area contributed by atoms with E-state index in [1.54, 1.807) is 11.5 Å². The quantitative estimate of drug-likeness (QED) is 0.221. The third-order valence-corrected chi connectivity index (χ3v) is 7.27. The number of halogens is 1. The molecule has 0 fully saturated rings. The van der Waals surface area contributed by atoms with E-state index in [0.29, 0.717) is 15.4 Å². The van der Waals surface area contributed by atoms with Crippen LogP contribution in [-0.4, -0.2) is 25.6 Å². The maximum absolute atomic E-state index is 13.1. The molecule has 0 spiro atoms. The van der Waals surface area contributed by atoms with Crippen molar-refractivity contribution in [3.8, 4) is 0 Å². The number of thioether (sulfide) groups is 1. The molecular formula is C20H21ClN4O4S2. The molecule has 2 heterocycles. The summed E-state index contributed by atoms with van der Waals surface area (Å²) >= 11 is 8.71. The molecule has 0 bridgehead atoms. The molecule has 0 saturated carbocycles. The Kier molecular flexibility index (Phi) is 6.73. The van der Waals surface area contributed by atoms with Crippen molar-refractivity contribution in [2.24, 2.45) is 0 Å². The highest BCUT2D eigenvalue weighted by atomic mass is 35.5. The summed E-state index contributed by atoms with van der Waals surface area (Å²) in [4.78, 5) is 42.5. The Labute approximate surface area is 191 Å². The summed E-state index contributed by atoms with van der Waals surface area (Å²) in [6, 6.07) is 3.71. The summed E-state index contributed by atoms with van der Waals surface area (Å²) in [5.74, 6) is -0.357. The highest BCUT2D eigenvalue weighted by Crippen LogP contribution is 2.32. The number of hydrogen-bond donors (Lipinski definition) is 1. The van der Waals surface area contributed by atoms with Crippen LogP contribution in [0, 0.1) is 24.0 Å². The molecule has 8 nitrogen and oxygen atoms in total. The summed E-state index contributed by atoms with van der Waals surface area (Å²) in [5.41, 5.74) is 0.932. The number of carbonyl (C=O) groups is 1. The van der Waals surface area contributed by atoms with E-state index in [2.05, 4.69) is 10.3 Å². The Morgan fingerprint density at radius 1 is 1.32 bits per heavy atom. The number of aromatic nitrogens is 2. The van der Waals surface area contributed by atoms with Crippen molar-refractivity contribution in [3.63, 3.8) is 0 Å². The van der Waals surface area contributed by atoms with Gasteiger partial charge in [0.1, 0.15) is 4.83 Å². The summed E-state index contributed by atoms with van der Waals surface area (Å²) in [5, 5.41) is 14.1. The first kappa shape index (κ1) is 23.2. The number of aryl methyl sites for hydroxylation is 2. The van der Waals surface area contributed by atoms with Crippen molar-refractivity contribution in [2.45, 2.75) is 51.1 Å². The summed E-state index contributed by atoms with van der Waals surface area (Å²) in [6.45, 7) is 9.37. The molecule has 0 aliphatic rings. The molecular weight excluding hydrogens is 460 g/mol. The van der Waals surface area contributed by atoms with Crippen LogP contribution >= 0.6 is 34.7 Å². The molecule has 0 aliphatic carbocycles. The smallest absolute Gasteiger partial charge is 0.271 e. The second-order valence-electron chi connectivity index (χ2n) is 7.30. The number of nitrogens with zero attached hydrogens (tertiary/aromatic N) is 3. The molecule has 3 aromatic rings. The van der Waals surface area contributed by atoms with Gasteiger partial charge in [0.15, 0.2) is 5.16 Å². The Bertz CT molecular complexity index is 1250. The van der Waals surface area contributed by atoms with Crippen LogP contribution in [0.1, 0.15) is 37.3 Å². The van der Waals surface area contributed by atoms with Gasteiger partial charge >= 0.3 is 0 Å². The van der Waals surface area contributed by atoms with E-state index in [9.17, 15) is 19.7 Å². The van der Waals surface area contributed by atoms with E-state index >= 15 is 0 Å². The van der Waals surface area contributed by atoms with Crippen LogP contribution in [0.3, 0.4) is 0 Å². The van der Waals surface area contributed by atoms with Gasteiger partial charge < -0.3 is 5.32 Å².